The van der Waals surface area contributed by atoms with E-state index in [0.717, 1.165) is 0 Å². The molecule has 0 amide bonds. The molecule has 0 saturated heterocycles. The van der Waals surface area contributed by atoms with Gasteiger partial charge in [-0.2, -0.15) is 0 Å². The maximum atomic E-state index is 9.46. The third kappa shape index (κ3) is 1.89. The first-order chi connectivity index (χ1) is 6.40. The van der Waals surface area contributed by atoms with Crippen LogP contribution in [0.2, 0.25) is 10.0 Å². The predicted molar refractivity (Wildman–Crippen MR) is 61.3 cm³/mol. The first-order valence-electron chi connectivity index (χ1n) is 4.21. The molecule has 0 fully saturated rings. The largest absolute Gasteiger partial charge is 0.506 e. The van der Waals surface area contributed by atoms with E-state index in [-0.39, 0.29) is 11.2 Å². The smallest absolute Gasteiger partial charge is 0.134 e. The van der Waals surface area contributed by atoms with E-state index in [1.54, 1.807) is 12.1 Å². The maximum Gasteiger partial charge on any atom is 0.134 e. The molecule has 0 aromatic heterocycles. The van der Waals surface area contributed by atoms with Gasteiger partial charge in [-0.3, -0.25) is 0 Å². The molecule has 0 saturated carbocycles. The van der Waals surface area contributed by atoms with Crippen molar-refractivity contribution < 1.29 is 5.11 Å². The van der Waals surface area contributed by atoms with Crippen LogP contribution in [0, 0.1) is 0 Å². The predicted octanol–water partition coefficient (Wildman–Crippen LogP) is 4.16. The molecule has 0 atom stereocenters. The molecular formula is C11H12Cl2O. The van der Waals surface area contributed by atoms with Crippen LogP contribution >= 0.6 is 23.2 Å². The van der Waals surface area contributed by atoms with Crippen LogP contribution in [0.25, 0.3) is 0 Å². The van der Waals surface area contributed by atoms with E-state index in [0.29, 0.717) is 15.6 Å². The Kier molecular flexibility index (Phi) is 3.13. The standard InChI is InChI=1S/C11H12Cl2O/c1-4-11(2,3)9-7(12)5-6-8(14)10(9)13/h4-6,14H,1H2,2-3H3. The highest BCUT2D eigenvalue weighted by atomic mass is 35.5. The lowest BCUT2D eigenvalue weighted by Gasteiger charge is -2.23. The average molecular weight is 231 g/mol. The number of aromatic hydroxyl groups is 1. The van der Waals surface area contributed by atoms with E-state index in [1.165, 1.54) is 6.07 Å². The van der Waals surface area contributed by atoms with Crippen LogP contribution in [0.5, 0.6) is 5.75 Å². The second-order valence-electron chi connectivity index (χ2n) is 3.68. The van der Waals surface area contributed by atoms with E-state index in [9.17, 15) is 5.11 Å². The number of benzene rings is 1. The molecule has 0 radical (unpaired) electrons. The summed E-state index contributed by atoms with van der Waals surface area (Å²) in [6, 6.07) is 3.11. The molecule has 3 heteroatoms. The Labute approximate surface area is 94.0 Å². The number of halogens is 2. The zero-order valence-corrected chi connectivity index (χ0v) is 9.65. The summed E-state index contributed by atoms with van der Waals surface area (Å²) in [5, 5.41) is 10.3. The molecule has 76 valence electrons. The van der Waals surface area contributed by atoms with Crippen molar-refractivity contribution in [3.05, 3.63) is 40.4 Å². The van der Waals surface area contributed by atoms with Crippen LogP contribution < -0.4 is 0 Å². The molecule has 0 bridgehead atoms. The SMILES string of the molecule is C=CC(C)(C)c1c(Cl)ccc(O)c1Cl. The van der Waals surface area contributed by atoms with Gasteiger partial charge in [0.15, 0.2) is 0 Å². The average Bonchev–Trinajstić information content (AvgIpc) is 2.12. The summed E-state index contributed by atoms with van der Waals surface area (Å²) in [6.45, 7) is 7.60. The Balaban J connectivity index is 3.47. The highest BCUT2D eigenvalue weighted by molar-refractivity contribution is 6.37. The summed E-state index contributed by atoms with van der Waals surface area (Å²) in [5.41, 5.74) is 0.350. The Morgan fingerprint density at radius 3 is 2.43 bits per heavy atom. The number of rotatable bonds is 2. The molecule has 1 aromatic rings. The van der Waals surface area contributed by atoms with Crippen molar-refractivity contribution in [1.82, 2.24) is 0 Å². The summed E-state index contributed by atoms with van der Waals surface area (Å²) < 4.78 is 0. The topological polar surface area (TPSA) is 20.2 Å². The van der Waals surface area contributed by atoms with Crippen molar-refractivity contribution in [1.29, 1.82) is 0 Å². The lowest BCUT2D eigenvalue weighted by atomic mass is 9.84. The van der Waals surface area contributed by atoms with Gasteiger partial charge < -0.3 is 5.11 Å². The van der Waals surface area contributed by atoms with Gasteiger partial charge in [-0.1, -0.05) is 43.1 Å². The summed E-state index contributed by atoms with van der Waals surface area (Å²) in [7, 11) is 0. The summed E-state index contributed by atoms with van der Waals surface area (Å²) >= 11 is 12.0. The molecule has 0 aliphatic carbocycles. The molecule has 1 N–H and O–H groups in total. The normalized spacial score (nSPS) is 11.4. The minimum atomic E-state index is -0.354. The number of hydrogen-bond donors (Lipinski definition) is 1. The van der Waals surface area contributed by atoms with Crippen molar-refractivity contribution >= 4 is 23.2 Å². The number of phenols is 1. The fourth-order valence-electron chi connectivity index (χ4n) is 1.23. The molecule has 1 rings (SSSR count). The van der Waals surface area contributed by atoms with Gasteiger partial charge in [0.1, 0.15) is 5.75 Å². The van der Waals surface area contributed by atoms with Crippen LogP contribution in [0.4, 0.5) is 0 Å². The number of phenolic OH excluding ortho intramolecular Hbond substituents is 1. The second-order valence-corrected chi connectivity index (χ2v) is 4.47. The Bertz CT molecular complexity index is 370. The number of hydrogen-bond acceptors (Lipinski definition) is 1. The minimum absolute atomic E-state index is 0.0426. The van der Waals surface area contributed by atoms with Crippen molar-refractivity contribution in [3.8, 4) is 5.75 Å². The van der Waals surface area contributed by atoms with Gasteiger partial charge in [-0.25, -0.2) is 0 Å². The van der Waals surface area contributed by atoms with Crippen LogP contribution in [-0.4, -0.2) is 5.11 Å². The van der Waals surface area contributed by atoms with Gasteiger partial charge in [-0.15, -0.1) is 6.58 Å². The first kappa shape index (κ1) is 11.4. The molecule has 1 nitrogen and oxygen atoms in total. The van der Waals surface area contributed by atoms with Crippen molar-refractivity contribution in [3.63, 3.8) is 0 Å². The molecule has 1 aromatic carbocycles. The monoisotopic (exact) mass is 230 g/mol. The zero-order chi connectivity index (χ0) is 10.9. The fourth-order valence-corrected chi connectivity index (χ4v) is 2.09. The lowest BCUT2D eigenvalue weighted by molar-refractivity contribution is 0.473. The fraction of sp³-hybridized carbons (Fsp3) is 0.273. The van der Waals surface area contributed by atoms with Crippen LogP contribution in [0.1, 0.15) is 19.4 Å². The quantitative estimate of drug-likeness (QED) is 0.757. The number of allylic oxidation sites excluding steroid dienone is 1. The van der Waals surface area contributed by atoms with Crippen LogP contribution in [0.3, 0.4) is 0 Å². The molecule has 0 aliphatic heterocycles. The van der Waals surface area contributed by atoms with Gasteiger partial charge in [0.25, 0.3) is 0 Å². The van der Waals surface area contributed by atoms with Crippen LogP contribution in [-0.2, 0) is 5.41 Å². The third-order valence-corrected chi connectivity index (χ3v) is 2.92. The van der Waals surface area contributed by atoms with Crippen molar-refractivity contribution in [2.24, 2.45) is 0 Å². The summed E-state index contributed by atoms with van der Waals surface area (Å²) in [5.74, 6) is 0.0426. The maximum absolute atomic E-state index is 9.46. The van der Waals surface area contributed by atoms with Crippen molar-refractivity contribution in [2.45, 2.75) is 19.3 Å². The van der Waals surface area contributed by atoms with Crippen LogP contribution in [0.15, 0.2) is 24.8 Å². The van der Waals surface area contributed by atoms with Gasteiger partial charge in [0.05, 0.1) is 5.02 Å². The van der Waals surface area contributed by atoms with Gasteiger partial charge >= 0.3 is 0 Å². The lowest BCUT2D eigenvalue weighted by Crippen LogP contribution is -2.14. The molecular weight excluding hydrogens is 219 g/mol. The molecule has 0 unspecified atom stereocenters. The Morgan fingerprint density at radius 1 is 1.36 bits per heavy atom. The third-order valence-electron chi connectivity index (χ3n) is 2.23. The molecule has 0 spiro atoms. The molecule has 14 heavy (non-hydrogen) atoms. The van der Waals surface area contributed by atoms with Gasteiger partial charge in [-0.05, 0) is 12.1 Å². The first-order valence-corrected chi connectivity index (χ1v) is 4.97. The Hall–Kier alpha value is -0.660. The minimum Gasteiger partial charge on any atom is -0.506 e. The van der Waals surface area contributed by atoms with Gasteiger partial charge in [0, 0.05) is 16.0 Å². The highest BCUT2D eigenvalue weighted by Crippen LogP contribution is 2.40. The summed E-state index contributed by atoms with van der Waals surface area (Å²) in [6.07, 6.45) is 1.75. The highest BCUT2D eigenvalue weighted by Gasteiger charge is 2.24. The molecule has 0 heterocycles. The van der Waals surface area contributed by atoms with E-state index >= 15 is 0 Å². The Morgan fingerprint density at radius 2 is 1.93 bits per heavy atom. The van der Waals surface area contributed by atoms with Gasteiger partial charge in [0.2, 0.25) is 0 Å². The van der Waals surface area contributed by atoms with E-state index < -0.39 is 0 Å². The summed E-state index contributed by atoms with van der Waals surface area (Å²) in [4.78, 5) is 0. The molecule has 0 aliphatic rings. The van der Waals surface area contributed by atoms with E-state index in [2.05, 4.69) is 6.58 Å². The van der Waals surface area contributed by atoms with Crippen molar-refractivity contribution in [2.75, 3.05) is 0 Å². The zero-order valence-electron chi connectivity index (χ0n) is 8.14. The van der Waals surface area contributed by atoms with E-state index in [1.807, 2.05) is 13.8 Å². The second kappa shape index (κ2) is 3.84. The van der Waals surface area contributed by atoms with E-state index in [4.69, 9.17) is 23.2 Å².